The van der Waals surface area contributed by atoms with Crippen molar-refractivity contribution >= 4 is 5.78 Å². The number of carbonyl (C=O) groups excluding carboxylic acids is 1. The third-order valence-corrected chi connectivity index (χ3v) is 2.84. The van der Waals surface area contributed by atoms with E-state index in [9.17, 15) is 9.18 Å². The average Bonchev–Trinajstić information content (AvgIpc) is 2.38. The summed E-state index contributed by atoms with van der Waals surface area (Å²) < 4.78 is 13.0. The number of pyridine rings is 1. The average molecular weight is 243 g/mol. The zero-order valence-corrected chi connectivity index (χ0v) is 10.2. The third kappa shape index (κ3) is 2.80. The van der Waals surface area contributed by atoms with Gasteiger partial charge in [0.15, 0.2) is 5.78 Å². The first kappa shape index (κ1) is 12.4. The molecule has 0 aliphatic rings. The monoisotopic (exact) mass is 243 g/mol. The zero-order chi connectivity index (χ0) is 13.0. The number of Topliss-reactive ketones (excluding diaryl/α,β-unsaturated/α-hetero) is 1. The number of ketones is 1. The molecule has 0 N–H and O–H groups in total. The first-order chi connectivity index (χ1) is 8.70. The molecule has 1 aromatic heterocycles. The van der Waals surface area contributed by atoms with Crippen molar-refractivity contribution in [3.8, 4) is 0 Å². The van der Waals surface area contributed by atoms with Gasteiger partial charge in [0.1, 0.15) is 5.82 Å². The van der Waals surface area contributed by atoms with Gasteiger partial charge in [-0.1, -0.05) is 19.1 Å². The summed E-state index contributed by atoms with van der Waals surface area (Å²) >= 11 is 0. The molecule has 3 heteroatoms. The molecule has 0 radical (unpaired) electrons. The van der Waals surface area contributed by atoms with E-state index in [4.69, 9.17) is 0 Å². The zero-order valence-electron chi connectivity index (χ0n) is 10.2. The molecule has 0 aliphatic heterocycles. The number of aryl methyl sites for hydroxylation is 1. The predicted octanol–water partition coefficient (Wildman–Crippen LogP) is 3.21. The van der Waals surface area contributed by atoms with Gasteiger partial charge in [-0.2, -0.15) is 0 Å². The van der Waals surface area contributed by atoms with Crippen molar-refractivity contribution in [2.75, 3.05) is 0 Å². The quantitative estimate of drug-likeness (QED) is 0.772. The van der Waals surface area contributed by atoms with Gasteiger partial charge in [0, 0.05) is 24.4 Å². The molecule has 0 atom stereocenters. The fourth-order valence-electron chi connectivity index (χ4n) is 1.91. The molecule has 92 valence electrons. The summed E-state index contributed by atoms with van der Waals surface area (Å²) in [4.78, 5) is 16.2. The van der Waals surface area contributed by atoms with Gasteiger partial charge in [-0.15, -0.1) is 0 Å². The summed E-state index contributed by atoms with van der Waals surface area (Å²) in [6.07, 6.45) is 4.30. The number of aromatic nitrogens is 1. The third-order valence-electron chi connectivity index (χ3n) is 2.84. The van der Waals surface area contributed by atoms with E-state index in [2.05, 4.69) is 4.98 Å². The summed E-state index contributed by atoms with van der Waals surface area (Å²) in [6.45, 7) is 1.98. The lowest BCUT2D eigenvalue weighted by Crippen LogP contribution is -2.07. The van der Waals surface area contributed by atoms with E-state index in [0.29, 0.717) is 11.1 Å². The molecule has 0 unspecified atom stereocenters. The molecule has 1 aromatic carbocycles. The van der Waals surface area contributed by atoms with Gasteiger partial charge in [0.2, 0.25) is 0 Å². The number of halogens is 1. The normalized spacial score (nSPS) is 10.3. The van der Waals surface area contributed by atoms with Crippen molar-refractivity contribution in [3.63, 3.8) is 0 Å². The van der Waals surface area contributed by atoms with Crippen LogP contribution in [0, 0.1) is 5.82 Å². The van der Waals surface area contributed by atoms with Gasteiger partial charge < -0.3 is 0 Å². The molecule has 0 spiro atoms. The highest BCUT2D eigenvalue weighted by molar-refractivity contribution is 5.98. The molecule has 0 bridgehead atoms. The Kier molecular flexibility index (Phi) is 3.82. The van der Waals surface area contributed by atoms with Crippen LogP contribution in [0.1, 0.15) is 28.4 Å². The second-order valence-electron chi connectivity index (χ2n) is 4.12. The molecular weight excluding hydrogens is 229 g/mol. The van der Waals surface area contributed by atoms with Crippen LogP contribution in [-0.2, 0) is 12.8 Å². The number of nitrogens with zero attached hydrogens (tertiary/aromatic N) is 1. The Morgan fingerprint density at radius 1 is 1.33 bits per heavy atom. The molecule has 0 aliphatic carbocycles. The van der Waals surface area contributed by atoms with E-state index in [0.717, 1.165) is 12.0 Å². The summed E-state index contributed by atoms with van der Waals surface area (Å²) in [7, 11) is 0. The van der Waals surface area contributed by atoms with Gasteiger partial charge in [-0.3, -0.25) is 9.78 Å². The van der Waals surface area contributed by atoms with Crippen LogP contribution in [0.25, 0.3) is 0 Å². The summed E-state index contributed by atoms with van der Waals surface area (Å²) in [5.41, 5.74) is 2.30. The molecule has 0 saturated carbocycles. The van der Waals surface area contributed by atoms with Crippen LogP contribution in [0.15, 0.2) is 42.7 Å². The number of carbonyl (C=O) groups is 1. The van der Waals surface area contributed by atoms with Crippen LogP contribution in [0.5, 0.6) is 0 Å². The highest BCUT2D eigenvalue weighted by atomic mass is 19.1. The van der Waals surface area contributed by atoms with Gasteiger partial charge in [-0.05, 0) is 35.7 Å². The highest BCUT2D eigenvalue weighted by Crippen LogP contribution is 2.13. The minimum atomic E-state index is -0.314. The van der Waals surface area contributed by atoms with Crippen molar-refractivity contribution in [3.05, 3.63) is 65.2 Å². The van der Waals surface area contributed by atoms with Crippen molar-refractivity contribution in [2.24, 2.45) is 0 Å². The van der Waals surface area contributed by atoms with Gasteiger partial charge in [0.05, 0.1) is 0 Å². The lowest BCUT2D eigenvalue weighted by Gasteiger charge is -2.06. The molecule has 2 rings (SSSR count). The Bertz CT molecular complexity index is 566. The summed E-state index contributed by atoms with van der Waals surface area (Å²) in [5, 5.41) is 0. The Balaban J connectivity index is 2.22. The predicted molar refractivity (Wildman–Crippen MR) is 68.0 cm³/mol. The smallest absolute Gasteiger partial charge is 0.167 e. The molecule has 0 amide bonds. The van der Waals surface area contributed by atoms with Crippen molar-refractivity contribution in [2.45, 2.75) is 19.8 Å². The molecule has 18 heavy (non-hydrogen) atoms. The van der Waals surface area contributed by atoms with Crippen LogP contribution >= 0.6 is 0 Å². The minimum Gasteiger partial charge on any atom is -0.294 e. The van der Waals surface area contributed by atoms with E-state index in [1.165, 1.54) is 12.1 Å². The van der Waals surface area contributed by atoms with Crippen molar-refractivity contribution in [1.29, 1.82) is 0 Å². The summed E-state index contributed by atoms with van der Waals surface area (Å²) in [5.74, 6) is -0.314. The molecule has 0 saturated heterocycles. The Hall–Kier alpha value is -2.03. The molecule has 2 nitrogen and oxygen atoms in total. The van der Waals surface area contributed by atoms with Crippen molar-refractivity contribution in [1.82, 2.24) is 4.98 Å². The van der Waals surface area contributed by atoms with Crippen LogP contribution < -0.4 is 0 Å². The molecular formula is C15H14FNO. The Morgan fingerprint density at radius 2 is 2.17 bits per heavy atom. The summed E-state index contributed by atoms with van der Waals surface area (Å²) in [6, 6.07) is 7.86. The standard InChI is InChI=1S/C15H14FNO/c1-2-12-10-17-7-6-14(12)15(18)9-11-4-3-5-13(16)8-11/h3-8,10H,2,9H2,1H3. The topological polar surface area (TPSA) is 30.0 Å². The van der Waals surface area contributed by atoms with Gasteiger partial charge in [0.25, 0.3) is 0 Å². The Labute approximate surface area is 105 Å². The van der Waals surface area contributed by atoms with E-state index in [1.54, 1.807) is 30.6 Å². The maximum absolute atomic E-state index is 13.0. The maximum atomic E-state index is 13.0. The highest BCUT2D eigenvalue weighted by Gasteiger charge is 2.11. The second-order valence-corrected chi connectivity index (χ2v) is 4.12. The maximum Gasteiger partial charge on any atom is 0.167 e. The van der Waals surface area contributed by atoms with Gasteiger partial charge >= 0.3 is 0 Å². The number of benzene rings is 1. The minimum absolute atomic E-state index is 0.000139. The van der Waals surface area contributed by atoms with E-state index < -0.39 is 0 Å². The SMILES string of the molecule is CCc1cnccc1C(=O)Cc1cccc(F)c1. The van der Waals surface area contributed by atoms with E-state index in [-0.39, 0.29) is 18.0 Å². The number of hydrogen-bond donors (Lipinski definition) is 0. The number of hydrogen-bond acceptors (Lipinski definition) is 2. The second kappa shape index (κ2) is 5.54. The molecule has 1 heterocycles. The van der Waals surface area contributed by atoms with Crippen molar-refractivity contribution < 1.29 is 9.18 Å². The first-order valence-electron chi connectivity index (χ1n) is 5.91. The largest absolute Gasteiger partial charge is 0.294 e. The molecule has 2 aromatic rings. The Morgan fingerprint density at radius 3 is 2.89 bits per heavy atom. The fourth-order valence-corrected chi connectivity index (χ4v) is 1.91. The number of rotatable bonds is 4. The van der Waals surface area contributed by atoms with Crippen LogP contribution in [0.3, 0.4) is 0 Å². The van der Waals surface area contributed by atoms with Crippen LogP contribution in [0.4, 0.5) is 4.39 Å². The lowest BCUT2D eigenvalue weighted by molar-refractivity contribution is 0.0992. The van der Waals surface area contributed by atoms with E-state index >= 15 is 0 Å². The van der Waals surface area contributed by atoms with Crippen LogP contribution in [-0.4, -0.2) is 10.8 Å². The lowest BCUT2D eigenvalue weighted by atomic mass is 9.99. The van der Waals surface area contributed by atoms with Gasteiger partial charge in [-0.25, -0.2) is 4.39 Å². The van der Waals surface area contributed by atoms with Crippen LogP contribution in [0.2, 0.25) is 0 Å². The van der Waals surface area contributed by atoms with E-state index in [1.807, 2.05) is 6.92 Å². The molecule has 0 fully saturated rings. The first-order valence-corrected chi connectivity index (χ1v) is 5.91. The fraction of sp³-hybridized carbons (Fsp3) is 0.200.